The van der Waals surface area contributed by atoms with E-state index < -0.39 is 0 Å². The summed E-state index contributed by atoms with van der Waals surface area (Å²) in [5.74, 6) is 0.610. The van der Waals surface area contributed by atoms with Gasteiger partial charge in [0.2, 0.25) is 5.91 Å². The first-order valence-electron chi connectivity index (χ1n) is 10.4. The molecular formula is C26H24BrN3OS. The highest BCUT2D eigenvalue weighted by molar-refractivity contribution is 9.10. The fraction of sp³-hybridized carbons (Fsp3) is 0.154. The van der Waals surface area contributed by atoms with Crippen LogP contribution in [-0.2, 0) is 4.79 Å². The summed E-state index contributed by atoms with van der Waals surface area (Å²) in [6, 6.07) is 24.4. The third-order valence-corrected chi connectivity index (χ3v) is 6.63. The fourth-order valence-electron chi connectivity index (χ4n) is 3.29. The lowest BCUT2D eigenvalue weighted by molar-refractivity contribution is -0.115. The molecule has 162 valence electrons. The van der Waals surface area contributed by atoms with Gasteiger partial charge in [-0.25, -0.2) is 4.98 Å². The van der Waals surface area contributed by atoms with Crippen molar-refractivity contribution in [3.05, 3.63) is 88.4 Å². The molecule has 0 bridgehead atoms. The van der Waals surface area contributed by atoms with E-state index in [2.05, 4.69) is 88.6 Å². The number of nitrogens with zero attached hydrogens (tertiary/aromatic N) is 1. The molecule has 4 nitrogen and oxygen atoms in total. The second-order valence-electron chi connectivity index (χ2n) is 7.62. The largest absolute Gasteiger partial charge is 0.332 e. The van der Waals surface area contributed by atoms with Gasteiger partial charge in [0.05, 0.1) is 17.1 Å². The molecule has 4 aromatic rings. The molecule has 0 saturated heterocycles. The number of hydrogen-bond acceptors (Lipinski definition) is 3. The van der Waals surface area contributed by atoms with Gasteiger partial charge in [0.25, 0.3) is 0 Å². The molecule has 1 heterocycles. The molecule has 0 aliphatic heterocycles. The second kappa shape index (κ2) is 10.2. The number of benzene rings is 3. The highest BCUT2D eigenvalue weighted by Crippen LogP contribution is 2.33. The van der Waals surface area contributed by atoms with Crippen molar-refractivity contribution in [2.24, 2.45) is 0 Å². The lowest BCUT2D eigenvalue weighted by Crippen LogP contribution is -2.12. The number of aromatic nitrogens is 2. The van der Waals surface area contributed by atoms with E-state index in [1.54, 1.807) is 11.8 Å². The second-order valence-corrected chi connectivity index (χ2v) is 9.56. The van der Waals surface area contributed by atoms with Crippen molar-refractivity contribution < 1.29 is 4.79 Å². The summed E-state index contributed by atoms with van der Waals surface area (Å²) >= 11 is 5.01. The number of hydrogen-bond donors (Lipinski definition) is 2. The van der Waals surface area contributed by atoms with E-state index in [9.17, 15) is 4.79 Å². The summed E-state index contributed by atoms with van der Waals surface area (Å²) in [7, 11) is 0. The lowest BCUT2D eigenvalue weighted by atomic mass is 10.0. The average molecular weight is 506 g/mol. The van der Waals surface area contributed by atoms with E-state index in [0.29, 0.717) is 12.2 Å². The van der Waals surface area contributed by atoms with Gasteiger partial charge < -0.3 is 10.3 Å². The summed E-state index contributed by atoms with van der Waals surface area (Å²) in [6.45, 7) is 4.16. The van der Waals surface area contributed by atoms with E-state index in [4.69, 9.17) is 4.98 Å². The van der Waals surface area contributed by atoms with Gasteiger partial charge in [-0.3, -0.25) is 4.79 Å². The van der Waals surface area contributed by atoms with Crippen molar-refractivity contribution >= 4 is 39.3 Å². The van der Waals surface area contributed by atoms with Gasteiger partial charge in [-0.05, 0) is 41.9 Å². The number of anilines is 1. The summed E-state index contributed by atoms with van der Waals surface area (Å²) in [5, 5.41) is 3.76. The predicted octanol–water partition coefficient (Wildman–Crippen LogP) is 7.24. The van der Waals surface area contributed by atoms with Crippen molar-refractivity contribution in [2.75, 3.05) is 11.1 Å². The molecule has 0 fully saturated rings. The summed E-state index contributed by atoms with van der Waals surface area (Å²) < 4.78 is 0.873. The Bertz CT molecular complexity index is 1150. The highest BCUT2D eigenvalue weighted by Gasteiger charge is 2.15. The number of amides is 1. The number of aromatic amines is 1. The van der Waals surface area contributed by atoms with Gasteiger partial charge in [-0.1, -0.05) is 83.6 Å². The first-order chi connectivity index (χ1) is 15.5. The Hall–Kier alpha value is -2.83. The zero-order chi connectivity index (χ0) is 22.5. The molecule has 0 saturated carbocycles. The standard InChI is InChI=1S/C26H24BrN3OS/c1-17-7-11-19(12-8-17)24-25(20-13-9-18(2)10-14-20)30-26(29-24)32-16-15-23(31)28-22-6-4-3-5-21(22)27/h3-14H,15-16H2,1-2H3,(H,28,31)(H,29,30). The van der Waals surface area contributed by atoms with Crippen LogP contribution in [0.4, 0.5) is 5.69 Å². The Morgan fingerprint density at radius 3 is 2.22 bits per heavy atom. The molecule has 4 rings (SSSR count). The van der Waals surface area contributed by atoms with Crippen LogP contribution in [0.3, 0.4) is 0 Å². The Labute approximate surface area is 201 Å². The van der Waals surface area contributed by atoms with Crippen LogP contribution in [0.2, 0.25) is 0 Å². The molecule has 1 aromatic heterocycles. The number of nitrogens with one attached hydrogen (secondary N) is 2. The van der Waals surface area contributed by atoms with E-state index in [1.807, 2.05) is 24.3 Å². The normalized spacial score (nSPS) is 10.8. The van der Waals surface area contributed by atoms with E-state index in [0.717, 1.165) is 37.8 Å². The number of carbonyl (C=O) groups excluding carboxylic acids is 1. The number of aryl methyl sites for hydroxylation is 2. The van der Waals surface area contributed by atoms with Crippen molar-refractivity contribution in [1.29, 1.82) is 0 Å². The lowest BCUT2D eigenvalue weighted by Gasteiger charge is -2.06. The Balaban J connectivity index is 1.49. The monoisotopic (exact) mass is 505 g/mol. The number of halogens is 1. The molecular weight excluding hydrogens is 482 g/mol. The zero-order valence-corrected chi connectivity index (χ0v) is 20.4. The highest BCUT2D eigenvalue weighted by atomic mass is 79.9. The predicted molar refractivity (Wildman–Crippen MR) is 137 cm³/mol. The van der Waals surface area contributed by atoms with Gasteiger partial charge in [-0.15, -0.1) is 0 Å². The average Bonchev–Trinajstić information content (AvgIpc) is 3.20. The molecule has 2 N–H and O–H groups in total. The van der Waals surface area contributed by atoms with Crippen LogP contribution < -0.4 is 5.32 Å². The molecule has 0 atom stereocenters. The SMILES string of the molecule is Cc1ccc(-c2nc(SCCC(=O)Nc3ccccc3Br)[nH]c2-c2ccc(C)cc2)cc1. The van der Waals surface area contributed by atoms with Gasteiger partial charge in [-0.2, -0.15) is 0 Å². The summed E-state index contributed by atoms with van der Waals surface area (Å²) in [4.78, 5) is 20.7. The van der Waals surface area contributed by atoms with Crippen LogP contribution in [0.25, 0.3) is 22.5 Å². The van der Waals surface area contributed by atoms with E-state index >= 15 is 0 Å². The molecule has 1 amide bonds. The van der Waals surface area contributed by atoms with E-state index in [-0.39, 0.29) is 5.91 Å². The van der Waals surface area contributed by atoms with Crippen LogP contribution in [0.1, 0.15) is 17.5 Å². The molecule has 32 heavy (non-hydrogen) atoms. The first kappa shape index (κ1) is 22.4. The maximum Gasteiger partial charge on any atom is 0.225 e. The molecule has 0 aliphatic rings. The number of imidazole rings is 1. The maximum absolute atomic E-state index is 12.4. The van der Waals surface area contributed by atoms with Crippen molar-refractivity contribution in [2.45, 2.75) is 25.4 Å². The van der Waals surface area contributed by atoms with Crippen molar-refractivity contribution in [1.82, 2.24) is 9.97 Å². The van der Waals surface area contributed by atoms with Crippen molar-refractivity contribution in [3.8, 4) is 22.5 Å². The molecule has 0 radical (unpaired) electrons. The Morgan fingerprint density at radius 2 is 1.56 bits per heavy atom. The molecule has 0 unspecified atom stereocenters. The third kappa shape index (κ3) is 5.50. The van der Waals surface area contributed by atoms with Crippen LogP contribution >= 0.6 is 27.7 Å². The smallest absolute Gasteiger partial charge is 0.225 e. The third-order valence-electron chi connectivity index (χ3n) is 5.06. The molecule has 3 aromatic carbocycles. The Kier molecular flexibility index (Phi) is 7.12. The van der Waals surface area contributed by atoms with Gasteiger partial charge in [0.1, 0.15) is 0 Å². The number of para-hydroxylation sites is 1. The topological polar surface area (TPSA) is 57.8 Å². The molecule has 0 spiro atoms. The van der Waals surface area contributed by atoms with Gasteiger partial charge in [0.15, 0.2) is 5.16 Å². The van der Waals surface area contributed by atoms with Crippen LogP contribution in [0, 0.1) is 13.8 Å². The summed E-state index contributed by atoms with van der Waals surface area (Å²) in [6.07, 6.45) is 0.395. The maximum atomic E-state index is 12.4. The number of thioether (sulfide) groups is 1. The minimum Gasteiger partial charge on any atom is -0.332 e. The minimum absolute atomic E-state index is 0.0199. The quantitative estimate of drug-likeness (QED) is 0.260. The van der Waals surface area contributed by atoms with Gasteiger partial charge in [0, 0.05) is 27.8 Å². The van der Waals surface area contributed by atoms with Crippen molar-refractivity contribution in [3.63, 3.8) is 0 Å². The fourth-order valence-corrected chi connectivity index (χ4v) is 4.48. The van der Waals surface area contributed by atoms with E-state index in [1.165, 1.54) is 11.1 Å². The Morgan fingerprint density at radius 1 is 0.938 bits per heavy atom. The van der Waals surface area contributed by atoms with Crippen LogP contribution in [0.5, 0.6) is 0 Å². The van der Waals surface area contributed by atoms with Crippen LogP contribution in [-0.4, -0.2) is 21.6 Å². The van der Waals surface area contributed by atoms with Crippen LogP contribution in [0.15, 0.2) is 82.4 Å². The first-order valence-corrected chi connectivity index (χ1v) is 12.2. The number of carbonyl (C=O) groups is 1. The zero-order valence-electron chi connectivity index (χ0n) is 18.0. The van der Waals surface area contributed by atoms with Gasteiger partial charge >= 0.3 is 0 Å². The number of H-pyrrole nitrogens is 1. The number of rotatable bonds is 7. The minimum atomic E-state index is -0.0199. The molecule has 6 heteroatoms. The molecule has 0 aliphatic carbocycles. The summed E-state index contributed by atoms with van der Waals surface area (Å²) in [5.41, 5.74) is 7.30.